The Bertz CT molecular complexity index is 1420. The Balaban J connectivity index is 1.67. The van der Waals surface area contributed by atoms with Gasteiger partial charge in [0.05, 0.1) is 27.8 Å². The molecule has 2 aliphatic heterocycles. The van der Waals surface area contributed by atoms with Gasteiger partial charge in [0.15, 0.2) is 0 Å². The first-order valence-corrected chi connectivity index (χ1v) is 17.3. The molecule has 1 fully saturated rings. The SMILES string of the molecule is CCOc1ccc2c(c1)CCN(C(=O)CN1CC(=O)NS1(=O)=O)[C@H]2C(=O)Nc1cc(F)c([Si](C)(C)C)c(F)c1. The van der Waals surface area contributed by atoms with E-state index in [1.807, 2.05) is 6.92 Å². The van der Waals surface area contributed by atoms with Gasteiger partial charge in [0.25, 0.3) is 5.91 Å². The molecule has 0 radical (unpaired) electrons. The highest BCUT2D eigenvalue weighted by Crippen LogP contribution is 2.34. The van der Waals surface area contributed by atoms with Crippen molar-refractivity contribution < 1.29 is 36.3 Å². The molecule has 0 bridgehead atoms. The topological polar surface area (TPSA) is 125 Å². The third kappa shape index (κ3) is 5.97. The lowest BCUT2D eigenvalue weighted by atomic mass is 9.91. The van der Waals surface area contributed by atoms with Crippen LogP contribution in [0.2, 0.25) is 19.6 Å². The third-order valence-electron chi connectivity index (χ3n) is 6.50. The minimum absolute atomic E-state index is 0.0127. The highest BCUT2D eigenvalue weighted by Gasteiger charge is 2.41. The number of nitrogens with zero attached hydrogens (tertiary/aromatic N) is 2. The molecule has 0 saturated carbocycles. The number of anilines is 1. The number of hydrogen-bond acceptors (Lipinski definition) is 6. The molecule has 2 N–H and O–H groups in total. The fraction of sp³-hybridized carbons (Fsp3) is 0.400. The normalized spacial score (nSPS) is 18.9. The van der Waals surface area contributed by atoms with Gasteiger partial charge in [-0.2, -0.15) is 12.7 Å². The third-order valence-corrected chi connectivity index (χ3v) is 9.90. The first kappa shape index (κ1) is 28.6. The monoisotopic (exact) mass is 580 g/mol. The summed E-state index contributed by atoms with van der Waals surface area (Å²) in [5.74, 6) is -3.16. The fourth-order valence-electron chi connectivity index (χ4n) is 4.85. The van der Waals surface area contributed by atoms with Crippen molar-refractivity contribution in [3.63, 3.8) is 0 Å². The summed E-state index contributed by atoms with van der Waals surface area (Å²) in [5, 5.41) is 2.54. The number of benzene rings is 2. The molecule has 2 aromatic carbocycles. The van der Waals surface area contributed by atoms with E-state index in [9.17, 15) is 31.6 Å². The minimum Gasteiger partial charge on any atom is -0.494 e. The van der Waals surface area contributed by atoms with Crippen LogP contribution in [0.5, 0.6) is 5.75 Å². The van der Waals surface area contributed by atoms with Crippen LogP contribution in [0.15, 0.2) is 30.3 Å². The van der Waals surface area contributed by atoms with Crippen LogP contribution in [0.1, 0.15) is 24.1 Å². The molecule has 3 amide bonds. The van der Waals surface area contributed by atoms with Crippen molar-refractivity contribution in [2.24, 2.45) is 0 Å². The Morgan fingerprint density at radius 3 is 2.38 bits per heavy atom. The molecule has 0 aromatic heterocycles. The predicted octanol–water partition coefficient (Wildman–Crippen LogP) is 1.65. The maximum absolute atomic E-state index is 14.9. The Morgan fingerprint density at radius 1 is 1.15 bits per heavy atom. The van der Waals surface area contributed by atoms with E-state index in [0.29, 0.717) is 28.6 Å². The Hall–Kier alpha value is -3.36. The van der Waals surface area contributed by atoms with Gasteiger partial charge in [0.1, 0.15) is 23.4 Å². The van der Waals surface area contributed by atoms with Crippen molar-refractivity contribution in [1.29, 1.82) is 0 Å². The molecular formula is C25H30F2N4O6SSi. The molecule has 2 aliphatic rings. The predicted molar refractivity (Wildman–Crippen MR) is 142 cm³/mol. The molecule has 4 rings (SSSR count). The van der Waals surface area contributed by atoms with E-state index in [-0.39, 0.29) is 17.4 Å². The average Bonchev–Trinajstić information content (AvgIpc) is 3.07. The van der Waals surface area contributed by atoms with Crippen LogP contribution in [0.3, 0.4) is 0 Å². The van der Waals surface area contributed by atoms with Gasteiger partial charge in [-0.05, 0) is 48.7 Å². The van der Waals surface area contributed by atoms with Crippen LogP contribution in [0.25, 0.3) is 0 Å². The highest BCUT2D eigenvalue weighted by atomic mass is 32.2. The van der Waals surface area contributed by atoms with E-state index in [2.05, 4.69) is 5.32 Å². The second kappa shape index (κ2) is 10.7. The van der Waals surface area contributed by atoms with Crippen LogP contribution in [0.4, 0.5) is 14.5 Å². The number of halogens is 2. The van der Waals surface area contributed by atoms with Gasteiger partial charge in [-0.1, -0.05) is 25.7 Å². The van der Waals surface area contributed by atoms with Gasteiger partial charge < -0.3 is 15.0 Å². The number of amides is 3. The number of ether oxygens (including phenoxy) is 1. The summed E-state index contributed by atoms with van der Waals surface area (Å²) >= 11 is 0. The molecule has 39 heavy (non-hydrogen) atoms. The van der Waals surface area contributed by atoms with Crippen molar-refractivity contribution in [3.8, 4) is 5.75 Å². The standard InChI is InChI=1S/C25H30F2N4O6SSi/c1-5-37-17-6-7-18-15(10-17)8-9-31(22(33)14-30-13-21(32)29-38(30,35)36)23(18)25(34)28-16-11-19(26)24(20(27)12-16)39(2,3)4/h6-7,10-12,23H,5,8-9,13-14H2,1-4H3,(H,28,34)(H,29,32)/t23-/m1/s1. The van der Waals surface area contributed by atoms with E-state index in [0.717, 1.165) is 17.7 Å². The van der Waals surface area contributed by atoms with Gasteiger partial charge in [0, 0.05) is 17.4 Å². The Kier molecular flexibility index (Phi) is 7.83. The lowest BCUT2D eigenvalue weighted by Crippen LogP contribution is -2.49. The van der Waals surface area contributed by atoms with Crippen LogP contribution < -0.4 is 20.0 Å². The first-order valence-electron chi connectivity index (χ1n) is 12.4. The lowest BCUT2D eigenvalue weighted by molar-refractivity contribution is -0.139. The highest BCUT2D eigenvalue weighted by molar-refractivity contribution is 7.88. The molecule has 210 valence electrons. The summed E-state index contributed by atoms with van der Waals surface area (Å²) < 4.78 is 62.1. The summed E-state index contributed by atoms with van der Waals surface area (Å²) in [6, 6.07) is 5.92. The van der Waals surface area contributed by atoms with Crippen LogP contribution in [-0.4, -0.2) is 69.7 Å². The summed E-state index contributed by atoms with van der Waals surface area (Å²) in [5.41, 5.74) is 1.09. The zero-order valence-electron chi connectivity index (χ0n) is 22.0. The largest absolute Gasteiger partial charge is 0.494 e. The summed E-state index contributed by atoms with van der Waals surface area (Å²) in [6.07, 6.45) is 0.351. The van der Waals surface area contributed by atoms with E-state index < -0.39 is 66.8 Å². The first-order chi connectivity index (χ1) is 18.2. The van der Waals surface area contributed by atoms with Gasteiger partial charge in [-0.3, -0.25) is 14.4 Å². The molecule has 2 heterocycles. The van der Waals surface area contributed by atoms with Crippen LogP contribution in [-0.2, 0) is 31.0 Å². The van der Waals surface area contributed by atoms with Crippen molar-refractivity contribution in [3.05, 3.63) is 53.1 Å². The summed E-state index contributed by atoms with van der Waals surface area (Å²) in [6.45, 7) is 6.54. The fourth-order valence-corrected chi connectivity index (χ4v) is 7.48. The second-order valence-corrected chi connectivity index (χ2v) is 17.1. The smallest absolute Gasteiger partial charge is 0.304 e. The van der Waals surface area contributed by atoms with Crippen molar-refractivity contribution >= 4 is 46.9 Å². The van der Waals surface area contributed by atoms with E-state index in [4.69, 9.17) is 4.74 Å². The van der Waals surface area contributed by atoms with E-state index >= 15 is 0 Å². The molecule has 0 unspecified atom stereocenters. The van der Waals surface area contributed by atoms with Crippen molar-refractivity contribution in [2.45, 2.75) is 39.0 Å². The minimum atomic E-state index is -4.17. The molecular weight excluding hydrogens is 550 g/mol. The van der Waals surface area contributed by atoms with Crippen LogP contribution in [0, 0.1) is 11.6 Å². The van der Waals surface area contributed by atoms with Crippen molar-refractivity contribution in [1.82, 2.24) is 13.9 Å². The van der Waals surface area contributed by atoms with Crippen molar-refractivity contribution in [2.75, 3.05) is 31.6 Å². The van der Waals surface area contributed by atoms with Gasteiger partial charge >= 0.3 is 10.2 Å². The number of rotatable bonds is 7. The number of hydrogen-bond donors (Lipinski definition) is 2. The maximum atomic E-state index is 14.9. The summed E-state index contributed by atoms with van der Waals surface area (Å²) in [7, 11) is -6.51. The quantitative estimate of drug-likeness (QED) is 0.480. The zero-order chi connectivity index (χ0) is 28.7. The zero-order valence-corrected chi connectivity index (χ0v) is 23.8. The van der Waals surface area contributed by atoms with E-state index in [1.165, 1.54) is 4.90 Å². The van der Waals surface area contributed by atoms with Gasteiger partial charge in [0.2, 0.25) is 11.8 Å². The van der Waals surface area contributed by atoms with E-state index in [1.54, 1.807) is 42.6 Å². The Morgan fingerprint density at radius 2 is 1.82 bits per heavy atom. The second-order valence-electron chi connectivity index (χ2n) is 10.4. The molecule has 1 atom stereocenters. The Labute approximate surface area is 226 Å². The average molecular weight is 581 g/mol. The maximum Gasteiger partial charge on any atom is 0.304 e. The number of fused-ring (bicyclic) bond motifs is 1. The molecule has 14 heteroatoms. The molecule has 0 spiro atoms. The molecule has 10 nitrogen and oxygen atoms in total. The lowest BCUT2D eigenvalue weighted by Gasteiger charge is -2.37. The number of carbonyl (C=O) groups excluding carboxylic acids is 3. The number of carbonyl (C=O) groups is 3. The van der Waals surface area contributed by atoms with Gasteiger partial charge in [-0.25, -0.2) is 13.5 Å². The summed E-state index contributed by atoms with van der Waals surface area (Å²) in [4.78, 5) is 39.7. The van der Waals surface area contributed by atoms with Crippen LogP contribution >= 0.6 is 0 Å². The van der Waals surface area contributed by atoms with Gasteiger partial charge in [-0.15, -0.1) is 0 Å². The molecule has 0 aliphatic carbocycles. The number of nitrogens with one attached hydrogen (secondary N) is 2. The molecule has 2 aromatic rings. The molecule has 1 saturated heterocycles.